The molecule has 1 amide bonds. The fourth-order valence-corrected chi connectivity index (χ4v) is 4.22. The molecule has 2 aliphatic carbocycles. The van der Waals surface area contributed by atoms with Gasteiger partial charge in [-0.15, -0.1) is 0 Å². The molecule has 1 aromatic rings. The summed E-state index contributed by atoms with van der Waals surface area (Å²) in [7, 11) is 3.23. The molecule has 5 nitrogen and oxygen atoms in total. The minimum Gasteiger partial charge on any atom is -0.497 e. The van der Waals surface area contributed by atoms with Crippen molar-refractivity contribution in [2.24, 2.45) is 22.4 Å². The lowest BCUT2D eigenvalue weighted by Crippen LogP contribution is -2.23. The SMILES string of the molecule is COc1ccc(/C(C)=N\NC(=O)[C@@H]2[C@H]3CCCC[C@]32C)c(OC)c1. The lowest BCUT2D eigenvalue weighted by atomic mass is 9.90. The minimum atomic E-state index is 0.0521. The van der Waals surface area contributed by atoms with Crippen LogP contribution < -0.4 is 14.9 Å². The second-order valence-electron chi connectivity index (χ2n) is 7.08. The number of methoxy groups -OCH3 is 2. The average molecular weight is 330 g/mol. The quantitative estimate of drug-likeness (QED) is 0.665. The van der Waals surface area contributed by atoms with Gasteiger partial charge in [-0.3, -0.25) is 4.79 Å². The van der Waals surface area contributed by atoms with Crippen molar-refractivity contribution in [3.8, 4) is 11.5 Å². The number of rotatable bonds is 5. The van der Waals surface area contributed by atoms with Crippen LogP contribution >= 0.6 is 0 Å². The van der Waals surface area contributed by atoms with Gasteiger partial charge >= 0.3 is 0 Å². The maximum absolute atomic E-state index is 12.5. The topological polar surface area (TPSA) is 59.9 Å². The highest BCUT2D eigenvalue weighted by Gasteiger charge is 2.64. The van der Waals surface area contributed by atoms with Gasteiger partial charge < -0.3 is 9.47 Å². The summed E-state index contributed by atoms with van der Waals surface area (Å²) < 4.78 is 10.6. The molecule has 130 valence electrons. The molecular formula is C19H26N2O3. The molecule has 1 N–H and O–H groups in total. The number of amides is 1. The zero-order valence-electron chi connectivity index (χ0n) is 14.9. The van der Waals surface area contributed by atoms with E-state index in [1.165, 1.54) is 19.3 Å². The van der Waals surface area contributed by atoms with Crippen LogP contribution in [0.3, 0.4) is 0 Å². The molecule has 0 aromatic heterocycles. The molecule has 2 saturated carbocycles. The lowest BCUT2D eigenvalue weighted by molar-refractivity contribution is -0.123. The van der Waals surface area contributed by atoms with E-state index in [2.05, 4.69) is 17.5 Å². The van der Waals surface area contributed by atoms with E-state index in [-0.39, 0.29) is 17.2 Å². The van der Waals surface area contributed by atoms with Crippen molar-refractivity contribution >= 4 is 11.6 Å². The summed E-state index contributed by atoms with van der Waals surface area (Å²) in [4.78, 5) is 12.5. The number of hydrogen-bond acceptors (Lipinski definition) is 4. The van der Waals surface area contributed by atoms with Crippen LogP contribution in [-0.4, -0.2) is 25.8 Å². The van der Waals surface area contributed by atoms with Crippen LogP contribution in [0.1, 0.15) is 45.1 Å². The summed E-state index contributed by atoms with van der Waals surface area (Å²) in [5, 5.41) is 4.30. The number of fused-ring (bicyclic) bond motifs is 1. The van der Waals surface area contributed by atoms with Gasteiger partial charge in [-0.05, 0) is 43.2 Å². The third-order valence-corrected chi connectivity index (χ3v) is 5.75. The molecule has 2 aliphatic rings. The van der Waals surface area contributed by atoms with Gasteiger partial charge in [0.2, 0.25) is 5.91 Å². The fraction of sp³-hybridized carbons (Fsp3) is 0.579. The van der Waals surface area contributed by atoms with Crippen molar-refractivity contribution in [3.05, 3.63) is 23.8 Å². The van der Waals surface area contributed by atoms with E-state index in [1.54, 1.807) is 14.2 Å². The van der Waals surface area contributed by atoms with Crippen molar-refractivity contribution < 1.29 is 14.3 Å². The van der Waals surface area contributed by atoms with Crippen molar-refractivity contribution in [1.82, 2.24) is 5.43 Å². The molecule has 0 saturated heterocycles. The Bertz CT molecular complexity index is 671. The zero-order chi connectivity index (χ0) is 17.3. The van der Waals surface area contributed by atoms with Gasteiger partial charge in [0.1, 0.15) is 11.5 Å². The molecule has 0 spiro atoms. The molecular weight excluding hydrogens is 304 g/mol. The highest BCUT2D eigenvalue weighted by atomic mass is 16.5. The van der Waals surface area contributed by atoms with Crippen LogP contribution in [0.5, 0.6) is 11.5 Å². The first-order valence-electron chi connectivity index (χ1n) is 8.58. The van der Waals surface area contributed by atoms with E-state index < -0.39 is 0 Å². The predicted octanol–water partition coefficient (Wildman–Crippen LogP) is 3.37. The molecule has 0 bridgehead atoms. The van der Waals surface area contributed by atoms with E-state index in [0.717, 1.165) is 23.4 Å². The Kier molecular flexibility index (Phi) is 4.52. The number of carbonyl (C=O) groups excluding carboxylic acids is 1. The molecule has 0 radical (unpaired) electrons. The van der Waals surface area contributed by atoms with Crippen LogP contribution in [0.25, 0.3) is 0 Å². The number of nitrogens with one attached hydrogen (secondary N) is 1. The first kappa shape index (κ1) is 16.8. The summed E-state index contributed by atoms with van der Waals surface area (Å²) in [6, 6.07) is 5.56. The second kappa shape index (κ2) is 6.46. The number of benzene rings is 1. The Morgan fingerprint density at radius 1 is 1.29 bits per heavy atom. The highest BCUT2D eigenvalue weighted by Crippen LogP contribution is 2.66. The van der Waals surface area contributed by atoms with Crippen molar-refractivity contribution in [1.29, 1.82) is 0 Å². The molecule has 5 heteroatoms. The monoisotopic (exact) mass is 330 g/mol. The van der Waals surface area contributed by atoms with Crippen molar-refractivity contribution in [2.75, 3.05) is 14.2 Å². The lowest BCUT2D eigenvalue weighted by Gasteiger charge is -2.15. The molecule has 3 rings (SSSR count). The van der Waals surface area contributed by atoms with Gasteiger partial charge in [0.25, 0.3) is 0 Å². The molecule has 3 atom stereocenters. The van der Waals surface area contributed by atoms with Gasteiger partial charge in [-0.2, -0.15) is 5.10 Å². The fourth-order valence-electron chi connectivity index (χ4n) is 4.22. The zero-order valence-corrected chi connectivity index (χ0v) is 14.9. The van der Waals surface area contributed by atoms with Crippen LogP contribution in [0, 0.1) is 17.3 Å². The van der Waals surface area contributed by atoms with Gasteiger partial charge in [-0.1, -0.05) is 19.8 Å². The van der Waals surface area contributed by atoms with Crippen molar-refractivity contribution in [3.63, 3.8) is 0 Å². The van der Waals surface area contributed by atoms with E-state index in [9.17, 15) is 4.79 Å². The molecule has 24 heavy (non-hydrogen) atoms. The molecule has 0 aliphatic heterocycles. The number of hydrogen-bond donors (Lipinski definition) is 1. The molecule has 2 fully saturated rings. The normalized spacial score (nSPS) is 28.8. The first-order valence-corrected chi connectivity index (χ1v) is 8.58. The summed E-state index contributed by atoms with van der Waals surface area (Å²) in [6.45, 7) is 4.11. The van der Waals surface area contributed by atoms with Crippen LogP contribution in [0.15, 0.2) is 23.3 Å². The van der Waals surface area contributed by atoms with Gasteiger partial charge in [0, 0.05) is 17.5 Å². The second-order valence-corrected chi connectivity index (χ2v) is 7.08. The van der Waals surface area contributed by atoms with Crippen LogP contribution in [-0.2, 0) is 4.79 Å². The Morgan fingerprint density at radius 3 is 2.71 bits per heavy atom. The Labute approximate surface area is 143 Å². The van der Waals surface area contributed by atoms with Crippen LogP contribution in [0.4, 0.5) is 0 Å². The van der Waals surface area contributed by atoms with Gasteiger partial charge in [0.05, 0.1) is 19.9 Å². The van der Waals surface area contributed by atoms with Crippen LogP contribution in [0.2, 0.25) is 0 Å². The minimum absolute atomic E-state index is 0.0521. The largest absolute Gasteiger partial charge is 0.497 e. The third-order valence-electron chi connectivity index (χ3n) is 5.75. The molecule has 1 aromatic carbocycles. The van der Waals surface area contributed by atoms with E-state index in [4.69, 9.17) is 9.47 Å². The standard InChI is InChI=1S/C19H26N2O3/c1-12(14-9-8-13(23-3)11-16(14)24-4)20-21-18(22)17-15-7-5-6-10-19(15,17)2/h8-9,11,15,17H,5-7,10H2,1-4H3,(H,21,22)/b20-12-/t15-,17+,19-/m1/s1. The Morgan fingerprint density at radius 2 is 2.08 bits per heavy atom. The number of carbonyl (C=O) groups is 1. The van der Waals surface area contributed by atoms with Gasteiger partial charge in [0.15, 0.2) is 0 Å². The smallest absolute Gasteiger partial charge is 0.244 e. The maximum atomic E-state index is 12.5. The van der Waals surface area contributed by atoms with Gasteiger partial charge in [-0.25, -0.2) is 5.43 Å². The number of ether oxygens (including phenoxy) is 2. The molecule has 0 unspecified atom stereocenters. The maximum Gasteiger partial charge on any atom is 0.244 e. The van der Waals surface area contributed by atoms with E-state index in [0.29, 0.717) is 11.7 Å². The number of hydrazone groups is 1. The highest BCUT2D eigenvalue weighted by molar-refractivity contribution is 6.02. The third kappa shape index (κ3) is 2.87. The number of nitrogens with zero attached hydrogens (tertiary/aromatic N) is 1. The first-order chi connectivity index (χ1) is 11.5. The van der Waals surface area contributed by atoms with E-state index >= 15 is 0 Å². The summed E-state index contributed by atoms with van der Waals surface area (Å²) in [6.07, 6.45) is 4.81. The summed E-state index contributed by atoms with van der Waals surface area (Å²) in [5.74, 6) is 2.11. The summed E-state index contributed by atoms with van der Waals surface area (Å²) >= 11 is 0. The average Bonchev–Trinajstić information content (AvgIpc) is 3.24. The Balaban J connectivity index is 1.70. The van der Waals surface area contributed by atoms with E-state index in [1.807, 2.05) is 25.1 Å². The predicted molar refractivity (Wildman–Crippen MR) is 93.5 cm³/mol. The Hall–Kier alpha value is -2.04. The molecule has 0 heterocycles. The van der Waals surface area contributed by atoms with Crippen molar-refractivity contribution in [2.45, 2.75) is 39.5 Å². The summed E-state index contributed by atoms with van der Waals surface area (Å²) in [5.41, 5.74) is 4.53.